The van der Waals surface area contributed by atoms with Crippen molar-refractivity contribution in [3.8, 4) is 11.5 Å². The van der Waals surface area contributed by atoms with E-state index in [-0.39, 0.29) is 18.3 Å². The predicted octanol–water partition coefficient (Wildman–Crippen LogP) is 4.44. The highest BCUT2D eigenvalue weighted by molar-refractivity contribution is 7.98. The van der Waals surface area contributed by atoms with Crippen LogP contribution in [0.2, 0.25) is 0 Å². The van der Waals surface area contributed by atoms with Gasteiger partial charge in [0.2, 0.25) is 0 Å². The minimum absolute atomic E-state index is 0. The third-order valence-corrected chi connectivity index (χ3v) is 7.17. The molecule has 1 aromatic heterocycles. The molecule has 2 aromatic carbocycles. The molecule has 1 saturated heterocycles. The number of methoxy groups -OCH3 is 2. The van der Waals surface area contributed by atoms with Crippen molar-refractivity contribution in [3.63, 3.8) is 0 Å². The third-order valence-electron chi connectivity index (χ3n) is 5.40. The van der Waals surface area contributed by atoms with E-state index in [4.69, 9.17) is 19.2 Å². The summed E-state index contributed by atoms with van der Waals surface area (Å²) in [4.78, 5) is 23.7. The van der Waals surface area contributed by atoms with Gasteiger partial charge in [0.25, 0.3) is 5.91 Å². The van der Waals surface area contributed by atoms with Crippen molar-refractivity contribution in [2.75, 3.05) is 64.8 Å². The summed E-state index contributed by atoms with van der Waals surface area (Å²) in [6.07, 6.45) is 2.05. The first kappa shape index (κ1) is 25.6. The van der Waals surface area contributed by atoms with Gasteiger partial charge in [-0.1, -0.05) is 11.3 Å². The van der Waals surface area contributed by atoms with Crippen LogP contribution in [0.1, 0.15) is 10.4 Å². The lowest BCUT2D eigenvalue weighted by Crippen LogP contribution is -2.43. The molecular weight excluding hydrogens is 482 g/mol. The van der Waals surface area contributed by atoms with E-state index in [0.29, 0.717) is 28.7 Å². The SMILES string of the molecule is COc1cc(OC)cc(C(=O)N(CCN2CCOCC2)c2nc3ccc(SC)cc3s2)c1.Cl. The van der Waals surface area contributed by atoms with Crippen molar-refractivity contribution in [2.24, 2.45) is 0 Å². The van der Waals surface area contributed by atoms with Crippen molar-refractivity contribution >= 4 is 56.8 Å². The maximum atomic E-state index is 13.7. The van der Waals surface area contributed by atoms with Gasteiger partial charge in [-0.3, -0.25) is 14.6 Å². The Hall–Kier alpha value is -2.04. The molecule has 1 aliphatic heterocycles. The molecule has 10 heteroatoms. The number of hydrogen-bond donors (Lipinski definition) is 0. The molecule has 2 heterocycles. The average molecular weight is 510 g/mol. The quantitative estimate of drug-likeness (QED) is 0.416. The summed E-state index contributed by atoms with van der Waals surface area (Å²) in [5, 5.41) is 0.693. The number of benzene rings is 2. The molecule has 33 heavy (non-hydrogen) atoms. The standard InChI is InChI=1S/C23H27N3O4S2.ClH/c1-28-17-12-16(13-18(14-17)29-2)22(27)26(7-6-25-8-10-30-11-9-25)23-24-20-5-4-19(31-3)15-21(20)32-23;/h4-5,12-15H,6-11H2,1-3H3;1H. The number of amides is 1. The molecule has 178 valence electrons. The van der Waals surface area contributed by atoms with E-state index in [2.05, 4.69) is 23.3 Å². The van der Waals surface area contributed by atoms with Crippen molar-refractivity contribution in [3.05, 3.63) is 42.0 Å². The number of rotatable bonds is 8. The van der Waals surface area contributed by atoms with Crippen molar-refractivity contribution in [1.29, 1.82) is 0 Å². The van der Waals surface area contributed by atoms with E-state index in [9.17, 15) is 4.79 Å². The molecule has 3 aromatic rings. The topological polar surface area (TPSA) is 64.1 Å². The zero-order chi connectivity index (χ0) is 22.5. The monoisotopic (exact) mass is 509 g/mol. The summed E-state index contributed by atoms with van der Waals surface area (Å²) in [7, 11) is 3.16. The number of morpholine rings is 1. The van der Waals surface area contributed by atoms with E-state index in [1.54, 1.807) is 49.1 Å². The van der Waals surface area contributed by atoms with Crippen LogP contribution >= 0.6 is 35.5 Å². The molecule has 0 aliphatic carbocycles. The first-order valence-electron chi connectivity index (χ1n) is 10.4. The Morgan fingerprint density at radius 2 is 1.85 bits per heavy atom. The second-order valence-corrected chi connectivity index (χ2v) is 9.23. The number of fused-ring (bicyclic) bond motifs is 1. The van der Waals surface area contributed by atoms with Gasteiger partial charge >= 0.3 is 0 Å². The first-order valence-corrected chi connectivity index (χ1v) is 12.4. The minimum atomic E-state index is -0.125. The largest absolute Gasteiger partial charge is 0.497 e. The second kappa shape index (κ2) is 11.9. The van der Waals surface area contributed by atoms with Crippen molar-refractivity contribution in [2.45, 2.75) is 4.90 Å². The molecule has 7 nitrogen and oxygen atoms in total. The Morgan fingerprint density at radius 3 is 2.48 bits per heavy atom. The lowest BCUT2D eigenvalue weighted by Gasteiger charge is -2.29. The van der Waals surface area contributed by atoms with Crippen LogP contribution in [0.25, 0.3) is 10.2 Å². The number of ether oxygens (including phenoxy) is 3. The second-order valence-electron chi connectivity index (χ2n) is 7.34. The van der Waals surface area contributed by atoms with Gasteiger partial charge in [-0.2, -0.15) is 0 Å². The minimum Gasteiger partial charge on any atom is -0.497 e. The summed E-state index contributed by atoms with van der Waals surface area (Å²) >= 11 is 3.23. The maximum absolute atomic E-state index is 13.7. The average Bonchev–Trinajstić information content (AvgIpc) is 3.27. The smallest absolute Gasteiger partial charge is 0.260 e. The molecular formula is C23H28ClN3O4S2. The molecule has 0 bridgehead atoms. The van der Waals surface area contributed by atoms with Gasteiger partial charge in [0.05, 0.1) is 37.6 Å². The number of carbonyl (C=O) groups excluding carboxylic acids is 1. The molecule has 4 rings (SSSR count). The summed E-state index contributed by atoms with van der Waals surface area (Å²) in [6.45, 7) is 4.47. The number of carbonyl (C=O) groups is 1. The normalized spacial score (nSPS) is 14.0. The molecule has 0 spiro atoms. The van der Waals surface area contributed by atoms with Gasteiger partial charge < -0.3 is 14.2 Å². The van der Waals surface area contributed by atoms with E-state index in [1.807, 2.05) is 6.07 Å². The first-order chi connectivity index (χ1) is 15.6. The van der Waals surface area contributed by atoms with Gasteiger partial charge in [-0.25, -0.2) is 4.98 Å². The summed E-state index contributed by atoms with van der Waals surface area (Å²) < 4.78 is 17.3. The predicted molar refractivity (Wildman–Crippen MR) is 137 cm³/mol. The Labute approximate surface area is 208 Å². The number of nitrogens with zero attached hydrogens (tertiary/aromatic N) is 3. The van der Waals surface area contributed by atoms with Gasteiger partial charge in [0.15, 0.2) is 5.13 Å². The third kappa shape index (κ3) is 6.10. The Kier molecular flexibility index (Phi) is 9.22. The molecule has 0 unspecified atom stereocenters. The number of thiazole rings is 1. The van der Waals surface area contributed by atoms with E-state index < -0.39 is 0 Å². The van der Waals surface area contributed by atoms with Crippen LogP contribution < -0.4 is 14.4 Å². The van der Waals surface area contributed by atoms with Gasteiger partial charge in [-0.15, -0.1) is 24.2 Å². The van der Waals surface area contributed by atoms with Crippen molar-refractivity contribution < 1.29 is 19.0 Å². The fraction of sp³-hybridized carbons (Fsp3) is 0.391. The van der Waals surface area contributed by atoms with Crippen LogP contribution in [0.3, 0.4) is 0 Å². The molecule has 1 fully saturated rings. The van der Waals surface area contributed by atoms with Crippen LogP contribution in [0, 0.1) is 0 Å². The Bertz CT molecular complexity index is 1070. The van der Waals surface area contributed by atoms with Crippen LogP contribution in [-0.2, 0) is 4.74 Å². The number of aromatic nitrogens is 1. The van der Waals surface area contributed by atoms with E-state index in [0.717, 1.165) is 43.1 Å². The molecule has 0 saturated carbocycles. The van der Waals surface area contributed by atoms with Crippen molar-refractivity contribution in [1.82, 2.24) is 9.88 Å². The number of halogens is 1. The Morgan fingerprint density at radius 1 is 1.15 bits per heavy atom. The molecule has 0 N–H and O–H groups in total. The highest BCUT2D eigenvalue weighted by atomic mass is 35.5. The molecule has 1 amide bonds. The summed E-state index contributed by atoms with van der Waals surface area (Å²) in [5.41, 5.74) is 1.41. The maximum Gasteiger partial charge on any atom is 0.260 e. The van der Waals surface area contributed by atoms with Crippen LogP contribution in [-0.4, -0.2) is 75.7 Å². The van der Waals surface area contributed by atoms with E-state index >= 15 is 0 Å². The highest BCUT2D eigenvalue weighted by Crippen LogP contribution is 2.33. The molecule has 1 aliphatic rings. The number of hydrogen-bond acceptors (Lipinski definition) is 8. The lowest BCUT2D eigenvalue weighted by atomic mass is 10.1. The fourth-order valence-corrected chi connectivity index (χ4v) is 5.12. The van der Waals surface area contributed by atoms with Crippen LogP contribution in [0.15, 0.2) is 41.3 Å². The lowest BCUT2D eigenvalue weighted by molar-refractivity contribution is 0.0391. The zero-order valence-electron chi connectivity index (χ0n) is 18.9. The van der Waals surface area contributed by atoms with Crippen LogP contribution in [0.4, 0.5) is 5.13 Å². The summed E-state index contributed by atoms with van der Waals surface area (Å²) in [6, 6.07) is 11.4. The zero-order valence-corrected chi connectivity index (χ0v) is 21.4. The van der Waals surface area contributed by atoms with Gasteiger partial charge in [-0.05, 0) is 36.6 Å². The molecule has 0 radical (unpaired) electrons. The van der Waals surface area contributed by atoms with Gasteiger partial charge in [0, 0.05) is 42.7 Å². The Balaban J connectivity index is 0.00000306. The number of thioether (sulfide) groups is 1. The van der Waals surface area contributed by atoms with Gasteiger partial charge in [0.1, 0.15) is 11.5 Å². The van der Waals surface area contributed by atoms with E-state index in [1.165, 1.54) is 16.2 Å². The van der Waals surface area contributed by atoms with Crippen LogP contribution in [0.5, 0.6) is 11.5 Å². The number of anilines is 1. The molecule has 0 atom stereocenters. The summed E-state index contributed by atoms with van der Waals surface area (Å²) in [5.74, 6) is 1.03. The fourth-order valence-electron chi connectivity index (χ4n) is 3.57. The highest BCUT2D eigenvalue weighted by Gasteiger charge is 2.24.